The van der Waals surface area contributed by atoms with Crippen LogP contribution in [0.3, 0.4) is 0 Å². The second-order valence-corrected chi connectivity index (χ2v) is 7.35. The number of hydrogen-bond donors (Lipinski definition) is 1. The van der Waals surface area contributed by atoms with Crippen LogP contribution in [-0.2, 0) is 0 Å². The molecule has 1 aliphatic carbocycles. The maximum atomic E-state index is 3.84. The quantitative estimate of drug-likeness (QED) is 0.811. The van der Waals surface area contributed by atoms with Gasteiger partial charge < -0.3 is 5.32 Å². The molecule has 0 heterocycles. The largest absolute Gasteiger partial charge is 0.312 e. The van der Waals surface area contributed by atoms with Crippen LogP contribution in [0.25, 0.3) is 0 Å². The summed E-state index contributed by atoms with van der Waals surface area (Å²) in [7, 11) is 0. The molecule has 0 unspecified atom stereocenters. The van der Waals surface area contributed by atoms with Gasteiger partial charge in [-0.25, -0.2) is 0 Å². The fraction of sp³-hybridized carbons (Fsp3) is 0.857. The number of hydrogen-bond acceptors (Lipinski definition) is 1. The van der Waals surface area contributed by atoms with E-state index in [4.69, 9.17) is 0 Å². The van der Waals surface area contributed by atoms with Crippen LogP contribution in [-0.4, -0.2) is 13.1 Å². The zero-order chi connectivity index (χ0) is 12.2. The van der Waals surface area contributed by atoms with Gasteiger partial charge in [0.05, 0.1) is 0 Å². The third kappa shape index (κ3) is 5.01. The van der Waals surface area contributed by atoms with Gasteiger partial charge in [0.15, 0.2) is 0 Å². The van der Waals surface area contributed by atoms with Gasteiger partial charge in [-0.2, -0.15) is 0 Å². The Kier molecular flexibility index (Phi) is 5.52. The highest BCUT2D eigenvalue weighted by molar-refractivity contribution is 9.11. The summed E-state index contributed by atoms with van der Waals surface area (Å²) in [5, 5.41) is 3.46. The van der Waals surface area contributed by atoms with E-state index in [1.165, 1.54) is 25.7 Å². The van der Waals surface area contributed by atoms with Crippen molar-refractivity contribution in [1.29, 1.82) is 0 Å². The summed E-state index contributed by atoms with van der Waals surface area (Å²) in [4.78, 5) is 0. The van der Waals surface area contributed by atoms with Crippen LogP contribution in [0.2, 0.25) is 0 Å². The maximum Gasteiger partial charge on any atom is 0.0265 e. The molecular weight excluding hydrogens is 262 g/mol. The molecule has 0 amide bonds. The lowest BCUT2D eigenvalue weighted by atomic mass is 9.70. The molecule has 94 valence electrons. The molecule has 1 fully saturated rings. The normalized spacial score (nSPS) is 26.8. The average Bonchev–Trinajstić information content (AvgIpc) is 2.16. The van der Waals surface area contributed by atoms with Crippen molar-refractivity contribution in [2.24, 2.45) is 17.3 Å². The summed E-state index contributed by atoms with van der Waals surface area (Å²) >= 11 is 3.38. The molecule has 1 N–H and O–H groups in total. The third-order valence-electron chi connectivity index (χ3n) is 3.82. The summed E-state index contributed by atoms with van der Waals surface area (Å²) in [5.74, 6) is 1.81. The van der Waals surface area contributed by atoms with Gasteiger partial charge in [-0.1, -0.05) is 43.3 Å². The van der Waals surface area contributed by atoms with E-state index in [9.17, 15) is 0 Å². The van der Waals surface area contributed by atoms with Gasteiger partial charge in [0.1, 0.15) is 0 Å². The second-order valence-electron chi connectivity index (χ2n) is 6.23. The molecule has 0 aromatic carbocycles. The standard InChI is InChI=1S/C14H26BrN/c1-11(15)9-16-10-12-5-7-13(8-6-12)14(2,3)4/h12-13,16H,1,5-10H2,2-4H3. The molecule has 16 heavy (non-hydrogen) atoms. The van der Waals surface area contributed by atoms with E-state index in [0.717, 1.165) is 29.4 Å². The summed E-state index contributed by atoms with van der Waals surface area (Å²) in [5.41, 5.74) is 0.503. The Labute approximate surface area is 109 Å². The first kappa shape index (κ1) is 14.2. The Morgan fingerprint density at radius 3 is 2.25 bits per heavy atom. The highest BCUT2D eigenvalue weighted by atomic mass is 79.9. The fourth-order valence-electron chi connectivity index (χ4n) is 2.64. The number of halogens is 1. The average molecular weight is 288 g/mol. The van der Waals surface area contributed by atoms with Crippen LogP contribution >= 0.6 is 15.9 Å². The van der Waals surface area contributed by atoms with Gasteiger partial charge in [-0.05, 0) is 49.5 Å². The molecular formula is C14H26BrN. The van der Waals surface area contributed by atoms with E-state index in [1.807, 2.05) is 0 Å². The van der Waals surface area contributed by atoms with Gasteiger partial charge in [-0.3, -0.25) is 0 Å². The maximum absolute atomic E-state index is 3.84. The lowest BCUT2D eigenvalue weighted by Crippen LogP contribution is -2.31. The SMILES string of the molecule is C=C(Br)CNCC1CCC(C(C)(C)C)CC1. The lowest BCUT2D eigenvalue weighted by Gasteiger charge is -2.37. The highest BCUT2D eigenvalue weighted by Crippen LogP contribution is 2.39. The minimum atomic E-state index is 0.503. The van der Waals surface area contributed by atoms with E-state index < -0.39 is 0 Å². The molecule has 1 aliphatic rings. The molecule has 0 aliphatic heterocycles. The summed E-state index contributed by atoms with van der Waals surface area (Å²) in [6.07, 6.45) is 5.60. The van der Waals surface area contributed by atoms with E-state index in [0.29, 0.717) is 5.41 Å². The molecule has 0 spiro atoms. The van der Waals surface area contributed by atoms with E-state index in [-0.39, 0.29) is 0 Å². The molecule has 0 aromatic heterocycles. The lowest BCUT2D eigenvalue weighted by molar-refractivity contribution is 0.149. The van der Waals surface area contributed by atoms with Crippen LogP contribution in [0, 0.1) is 17.3 Å². The first-order chi connectivity index (χ1) is 7.39. The molecule has 0 radical (unpaired) electrons. The Hall–Kier alpha value is 0.180. The number of rotatable bonds is 4. The topological polar surface area (TPSA) is 12.0 Å². The van der Waals surface area contributed by atoms with E-state index >= 15 is 0 Å². The molecule has 0 atom stereocenters. The highest BCUT2D eigenvalue weighted by Gasteiger charge is 2.29. The van der Waals surface area contributed by atoms with Gasteiger partial charge in [0.25, 0.3) is 0 Å². The van der Waals surface area contributed by atoms with Crippen molar-refractivity contribution >= 4 is 15.9 Å². The van der Waals surface area contributed by atoms with Gasteiger partial charge >= 0.3 is 0 Å². The van der Waals surface area contributed by atoms with Crippen molar-refractivity contribution < 1.29 is 0 Å². The predicted octanol–water partition coefficient (Wildman–Crippen LogP) is 4.34. The van der Waals surface area contributed by atoms with Gasteiger partial charge in [0.2, 0.25) is 0 Å². The summed E-state index contributed by atoms with van der Waals surface area (Å²) in [6, 6.07) is 0. The van der Waals surface area contributed by atoms with Crippen LogP contribution in [0.5, 0.6) is 0 Å². The van der Waals surface area contributed by atoms with Crippen molar-refractivity contribution in [3.05, 3.63) is 11.1 Å². The molecule has 1 nitrogen and oxygen atoms in total. The van der Waals surface area contributed by atoms with E-state index in [1.54, 1.807) is 0 Å². The van der Waals surface area contributed by atoms with Crippen LogP contribution in [0.1, 0.15) is 46.5 Å². The minimum Gasteiger partial charge on any atom is -0.312 e. The summed E-state index contributed by atoms with van der Waals surface area (Å²) < 4.78 is 1.05. The molecule has 0 aromatic rings. The first-order valence-corrected chi connectivity index (χ1v) is 7.23. The Morgan fingerprint density at radius 2 is 1.81 bits per heavy atom. The zero-order valence-electron chi connectivity index (χ0n) is 11.0. The summed E-state index contributed by atoms with van der Waals surface area (Å²) in [6.45, 7) is 13.0. The van der Waals surface area contributed by atoms with Crippen LogP contribution in [0.4, 0.5) is 0 Å². The van der Waals surface area contributed by atoms with Crippen LogP contribution in [0.15, 0.2) is 11.1 Å². The second kappa shape index (κ2) is 6.20. The molecule has 1 saturated carbocycles. The Morgan fingerprint density at radius 1 is 1.25 bits per heavy atom. The monoisotopic (exact) mass is 287 g/mol. The minimum absolute atomic E-state index is 0.503. The van der Waals surface area contributed by atoms with Crippen molar-refractivity contribution in [3.63, 3.8) is 0 Å². The Balaban J connectivity index is 2.19. The third-order valence-corrected chi connectivity index (χ3v) is 4.10. The van der Waals surface area contributed by atoms with Crippen LogP contribution < -0.4 is 5.32 Å². The van der Waals surface area contributed by atoms with Crippen molar-refractivity contribution in [3.8, 4) is 0 Å². The zero-order valence-corrected chi connectivity index (χ0v) is 12.6. The van der Waals surface area contributed by atoms with Gasteiger partial charge in [0, 0.05) is 11.0 Å². The molecule has 1 rings (SSSR count). The number of nitrogens with one attached hydrogen (secondary N) is 1. The van der Waals surface area contributed by atoms with Crippen molar-refractivity contribution in [1.82, 2.24) is 5.32 Å². The fourth-order valence-corrected chi connectivity index (χ4v) is 2.84. The van der Waals surface area contributed by atoms with Gasteiger partial charge in [-0.15, -0.1) is 0 Å². The van der Waals surface area contributed by atoms with Crippen molar-refractivity contribution in [2.75, 3.05) is 13.1 Å². The molecule has 0 bridgehead atoms. The smallest absolute Gasteiger partial charge is 0.0265 e. The Bertz CT molecular complexity index is 221. The first-order valence-electron chi connectivity index (χ1n) is 6.43. The predicted molar refractivity (Wildman–Crippen MR) is 75.8 cm³/mol. The van der Waals surface area contributed by atoms with Crippen molar-refractivity contribution in [2.45, 2.75) is 46.5 Å². The molecule has 2 heteroatoms. The molecule has 0 saturated heterocycles. The van der Waals surface area contributed by atoms with E-state index in [2.05, 4.69) is 48.6 Å².